The summed E-state index contributed by atoms with van der Waals surface area (Å²) in [6.45, 7) is 9.89. The lowest BCUT2D eigenvalue weighted by molar-refractivity contribution is 0.146. The molecule has 0 aromatic rings. The fourth-order valence-electron chi connectivity index (χ4n) is 2.44. The molecule has 0 aliphatic carbocycles. The molecule has 0 aromatic heterocycles. The molecule has 0 bridgehead atoms. The number of hydrogen-bond acceptors (Lipinski definition) is 3. The summed E-state index contributed by atoms with van der Waals surface area (Å²) in [6, 6.07) is 0.510. The van der Waals surface area contributed by atoms with Gasteiger partial charge in [0.05, 0.1) is 0 Å². The number of nitrogens with one attached hydrogen (secondary N) is 1. The van der Waals surface area contributed by atoms with Crippen LogP contribution >= 0.6 is 0 Å². The van der Waals surface area contributed by atoms with Crippen LogP contribution < -0.4 is 11.3 Å². The minimum atomic E-state index is 0.510. The quantitative estimate of drug-likeness (QED) is 0.256. The van der Waals surface area contributed by atoms with E-state index in [-0.39, 0.29) is 0 Å². The van der Waals surface area contributed by atoms with Crippen LogP contribution in [0.15, 0.2) is 4.99 Å². The standard InChI is InChI=1S/C13H28N4O/c1-4-18-9-5-7-15-13(16-14)17-8-6-11(2)10-12(17)3/h11-12H,4-10,14H2,1-3H3,(H,15,16). The number of ether oxygens (including phenoxy) is 1. The van der Waals surface area contributed by atoms with Crippen LogP contribution in [0, 0.1) is 5.92 Å². The van der Waals surface area contributed by atoms with E-state index in [0.717, 1.165) is 44.6 Å². The van der Waals surface area contributed by atoms with Gasteiger partial charge in [0.1, 0.15) is 0 Å². The maximum Gasteiger partial charge on any atom is 0.208 e. The molecule has 1 aliphatic heterocycles. The van der Waals surface area contributed by atoms with E-state index in [1.165, 1.54) is 12.8 Å². The molecule has 0 spiro atoms. The number of rotatable bonds is 5. The third-order valence-corrected chi connectivity index (χ3v) is 3.45. The Balaban J connectivity index is 2.41. The topological polar surface area (TPSA) is 62.9 Å². The third-order valence-electron chi connectivity index (χ3n) is 3.45. The van der Waals surface area contributed by atoms with E-state index >= 15 is 0 Å². The van der Waals surface area contributed by atoms with Gasteiger partial charge < -0.3 is 9.64 Å². The van der Waals surface area contributed by atoms with Gasteiger partial charge in [-0.15, -0.1) is 0 Å². The fraction of sp³-hybridized carbons (Fsp3) is 0.923. The Bertz CT molecular complexity index is 257. The smallest absolute Gasteiger partial charge is 0.208 e. The van der Waals surface area contributed by atoms with Crippen molar-refractivity contribution < 1.29 is 4.74 Å². The van der Waals surface area contributed by atoms with E-state index < -0.39 is 0 Å². The van der Waals surface area contributed by atoms with Crippen LogP contribution in [0.5, 0.6) is 0 Å². The summed E-state index contributed by atoms with van der Waals surface area (Å²) in [5, 5.41) is 0. The Morgan fingerprint density at radius 2 is 2.28 bits per heavy atom. The van der Waals surface area contributed by atoms with Gasteiger partial charge in [0.2, 0.25) is 5.96 Å². The van der Waals surface area contributed by atoms with E-state index in [9.17, 15) is 0 Å². The van der Waals surface area contributed by atoms with Gasteiger partial charge in [0.15, 0.2) is 0 Å². The van der Waals surface area contributed by atoms with Crippen molar-refractivity contribution in [2.75, 3.05) is 26.3 Å². The number of nitrogens with two attached hydrogens (primary N) is 1. The number of hydrogen-bond donors (Lipinski definition) is 2. The minimum Gasteiger partial charge on any atom is -0.382 e. The first-order valence-electron chi connectivity index (χ1n) is 7.04. The molecule has 0 saturated carbocycles. The van der Waals surface area contributed by atoms with E-state index in [2.05, 4.69) is 29.2 Å². The summed E-state index contributed by atoms with van der Waals surface area (Å²) in [6.07, 6.45) is 3.36. The van der Waals surface area contributed by atoms with Crippen molar-refractivity contribution in [1.29, 1.82) is 0 Å². The molecule has 1 rings (SSSR count). The maximum absolute atomic E-state index is 5.59. The molecule has 0 aromatic carbocycles. The van der Waals surface area contributed by atoms with Crippen molar-refractivity contribution in [2.45, 2.75) is 46.1 Å². The number of hydrazine groups is 1. The molecular formula is C13H28N4O. The molecular weight excluding hydrogens is 228 g/mol. The summed E-state index contributed by atoms with van der Waals surface area (Å²) in [4.78, 5) is 6.82. The second-order valence-electron chi connectivity index (χ2n) is 5.07. The van der Waals surface area contributed by atoms with Gasteiger partial charge in [0, 0.05) is 32.3 Å². The van der Waals surface area contributed by atoms with Gasteiger partial charge in [0.25, 0.3) is 0 Å². The maximum atomic E-state index is 5.59. The van der Waals surface area contributed by atoms with Crippen LogP contribution in [0.1, 0.15) is 40.0 Å². The van der Waals surface area contributed by atoms with Crippen molar-refractivity contribution in [3.8, 4) is 0 Å². The average molecular weight is 256 g/mol. The van der Waals surface area contributed by atoms with Gasteiger partial charge in [-0.1, -0.05) is 6.92 Å². The summed E-state index contributed by atoms with van der Waals surface area (Å²) in [5.41, 5.74) is 2.74. The molecule has 1 saturated heterocycles. The summed E-state index contributed by atoms with van der Waals surface area (Å²) >= 11 is 0. The van der Waals surface area contributed by atoms with Crippen molar-refractivity contribution in [3.05, 3.63) is 0 Å². The van der Waals surface area contributed by atoms with Gasteiger partial charge in [-0.3, -0.25) is 10.4 Å². The van der Waals surface area contributed by atoms with Gasteiger partial charge in [-0.2, -0.15) is 0 Å². The molecule has 0 amide bonds. The zero-order valence-corrected chi connectivity index (χ0v) is 12.0. The molecule has 5 nitrogen and oxygen atoms in total. The first-order valence-corrected chi connectivity index (χ1v) is 7.04. The lowest BCUT2D eigenvalue weighted by Crippen LogP contribution is -2.52. The molecule has 2 atom stereocenters. The van der Waals surface area contributed by atoms with Crippen LogP contribution in [0.4, 0.5) is 0 Å². The molecule has 2 unspecified atom stereocenters. The third kappa shape index (κ3) is 4.82. The molecule has 5 heteroatoms. The highest BCUT2D eigenvalue weighted by Gasteiger charge is 2.24. The van der Waals surface area contributed by atoms with Crippen molar-refractivity contribution in [1.82, 2.24) is 10.3 Å². The van der Waals surface area contributed by atoms with Gasteiger partial charge in [-0.05, 0) is 39.0 Å². The summed E-state index contributed by atoms with van der Waals surface area (Å²) in [7, 11) is 0. The van der Waals surface area contributed by atoms with Crippen LogP contribution in [0.3, 0.4) is 0 Å². The van der Waals surface area contributed by atoms with E-state index in [4.69, 9.17) is 10.6 Å². The Labute approximate surface area is 111 Å². The summed E-state index contributed by atoms with van der Waals surface area (Å²) in [5.74, 6) is 7.21. The van der Waals surface area contributed by atoms with Gasteiger partial charge in [-0.25, -0.2) is 5.84 Å². The molecule has 1 fully saturated rings. The van der Waals surface area contributed by atoms with Gasteiger partial charge >= 0.3 is 0 Å². The van der Waals surface area contributed by atoms with E-state index in [0.29, 0.717) is 6.04 Å². The number of piperidine rings is 1. The van der Waals surface area contributed by atoms with Crippen LogP contribution in [-0.2, 0) is 4.74 Å². The lowest BCUT2D eigenvalue weighted by atomic mass is 9.94. The second-order valence-corrected chi connectivity index (χ2v) is 5.07. The highest BCUT2D eigenvalue weighted by atomic mass is 16.5. The zero-order valence-electron chi connectivity index (χ0n) is 12.0. The number of nitrogens with zero attached hydrogens (tertiary/aromatic N) is 2. The molecule has 1 heterocycles. The lowest BCUT2D eigenvalue weighted by Gasteiger charge is -2.38. The predicted molar refractivity (Wildman–Crippen MR) is 75.3 cm³/mol. The molecule has 1 aliphatic rings. The minimum absolute atomic E-state index is 0.510. The molecule has 0 radical (unpaired) electrons. The van der Waals surface area contributed by atoms with Crippen molar-refractivity contribution in [2.24, 2.45) is 16.8 Å². The largest absolute Gasteiger partial charge is 0.382 e. The first kappa shape index (κ1) is 15.2. The average Bonchev–Trinajstić information content (AvgIpc) is 2.35. The Morgan fingerprint density at radius 1 is 1.50 bits per heavy atom. The monoisotopic (exact) mass is 256 g/mol. The molecule has 106 valence electrons. The van der Waals surface area contributed by atoms with Crippen LogP contribution in [0.2, 0.25) is 0 Å². The van der Waals surface area contributed by atoms with E-state index in [1.54, 1.807) is 0 Å². The number of aliphatic imine (C=N–C) groups is 1. The van der Waals surface area contributed by atoms with Crippen molar-refractivity contribution in [3.63, 3.8) is 0 Å². The van der Waals surface area contributed by atoms with Crippen LogP contribution in [0.25, 0.3) is 0 Å². The Hall–Kier alpha value is -0.810. The van der Waals surface area contributed by atoms with Crippen LogP contribution in [-0.4, -0.2) is 43.2 Å². The van der Waals surface area contributed by atoms with E-state index in [1.807, 2.05) is 6.92 Å². The first-order chi connectivity index (χ1) is 8.69. The SMILES string of the molecule is CCOCCCN=C(NN)N1CCC(C)CC1C. The summed E-state index contributed by atoms with van der Waals surface area (Å²) < 4.78 is 5.30. The highest BCUT2D eigenvalue weighted by Crippen LogP contribution is 2.21. The van der Waals surface area contributed by atoms with Crippen molar-refractivity contribution >= 4 is 5.96 Å². The molecule has 18 heavy (non-hydrogen) atoms. The Kier molecular flexibility index (Phi) is 7.05. The zero-order chi connectivity index (χ0) is 13.4. The Morgan fingerprint density at radius 3 is 2.89 bits per heavy atom. The predicted octanol–water partition coefficient (Wildman–Crippen LogP) is 1.35. The normalized spacial score (nSPS) is 25.3. The fourth-order valence-corrected chi connectivity index (χ4v) is 2.44. The molecule has 3 N–H and O–H groups in total. The number of guanidine groups is 1. The highest BCUT2D eigenvalue weighted by molar-refractivity contribution is 5.79. The second kappa shape index (κ2) is 8.32. The number of likely N-dealkylation sites (tertiary alicyclic amines) is 1.